The highest BCUT2D eigenvalue weighted by Crippen LogP contribution is 2.28. The molecule has 0 fully saturated rings. The predicted octanol–water partition coefficient (Wildman–Crippen LogP) is 4.28. The van der Waals surface area contributed by atoms with Crippen molar-refractivity contribution in [3.63, 3.8) is 0 Å². The van der Waals surface area contributed by atoms with E-state index in [2.05, 4.69) is 37.0 Å². The van der Waals surface area contributed by atoms with Crippen LogP contribution in [-0.4, -0.2) is 4.98 Å². The van der Waals surface area contributed by atoms with E-state index in [-0.39, 0.29) is 5.38 Å². The van der Waals surface area contributed by atoms with Crippen LogP contribution in [0.1, 0.15) is 26.9 Å². The van der Waals surface area contributed by atoms with E-state index in [9.17, 15) is 0 Å². The summed E-state index contributed by atoms with van der Waals surface area (Å²) in [6.45, 7) is 4.26. The normalized spacial score (nSPS) is 12.7. The fourth-order valence-electron chi connectivity index (χ4n) is 1.62. The molecule has 0 amide bonds. The van der Waals surface area contributed by atoms with Crippen molar-refractivity contribution in [3.05, 3.63) is 51.5 Å². The Kier molecular flexibility index (Phi) is 3.62. The lowest BCUT2D eigenvalue weighted by Crippen LogP contribution is -1.94. The van der Waals surface area contributed by atoms with Crippen LogP contribution in [0.25, 0.3) is 0 Å². The monoisotopic (exact) mass is 251 g/mol. The molecule has 0 N–H and O–H groups in total. The Balaban J connectivity index is 2.12. The van der Waals surface area contributed by atoms with Crippen LogP contribution in [-0.2, 0) is 6.42 Å². The second-order valence-electron chi connectivity index (χ2n) is 3.99. The summed E-state index contributed by atoms with van der Waals surface area (Å²) >= 11 is 7.96. The van der Waals surface area contributed by atoms with Crippen LogP contribution < -0.4 is 0 Å². The largest absolute Gasteiger partial charge is 0.253 e. The molecule has 1 heterocycles. The standard InChI is InChI=1S/C13H14ClNS/c1-9-3-4-11(5-10(9)2)6-12(14)13-7-15-8-16-13/h3-5,7-8,12H,6H2,1-2H3. The first-order valence-corrected chi connectivity index (χ1v) is 6.57. The lowest BCUT2D eigenvalue weighted by Gasteiger charge is -2.08. The zero-order valence-electron chi connectivity index (χ0n) is 9.40. The summed E-state index contributed by atoms with van der Waals surface area (Å²) in [6.07, 6.45) is 2.72. The van der Waals surface area contributed by atoms with E-state index in [1.54, 1.807) is 11.3 Å². The molecule has 1 atom stereocenters. The van der Waals surface area contributed by atoms with Crippen molar-refractivity contribution in [1.29, 1.82) is 0 Å². The molecule has 2 aromatic rings. The molecule has 3 heteroatoms. The summed E-state index contributed by atoms with van der Waals surface area (Å²) in [6, 6.07) is 6.52. The summed E-state index contributed by atoms with van der Waals surface area (Å²) in [4.78, 5) is 5.19. The van der Waals surface area contributed by atoms with E-state index in [0.29, 0.717) is 0 Å². The highest BCUT2D eigenvalue weighted by Gasteiger charge is 2.10. The fourth-order valence-corrected chi connectivity index (χ4v) is 2.60. The van der Waals surface area contributed by atoms with Crippen LogP contribution in [0.4, 0.5) is 0 Å². The zero-order chi connectivity index (χ0) is 11.5. The average molecular weight is 252 g/mol. The van der Waals surface area contributed by atoms with Gasteiger partial charge in [-0.1, -0.05) is 18.2 Å². The Morgan fingerprint density at radius 2 is 2.12 bits per heavy atom. The van der Waals surface area contributed by atoms with Gasteiger partial charge in [-0.3, -0.25) is 4.98 Å². The molecule has 0 spiro atoms. The third-order valence-corrected chi connectivity index (χ3v) is 4.15. The van der Waals surface area contributed by atoms with Crippen LogP contribution in [0, 0.1) is 13.8 Å². The summed E-state index contributed by atoms with van der Waals surface area (Å²) in [5, 5.41) is 0.0367. The molecular formula is C13H14ClNS. The lowest BCUT2D eigenvalue weighted by atomic mass is 10.0. The van der Waals surface area contributed by atoms with E-state index in [1.807, 2.05) is 11.7 Å². The lowest BCUT2D eigenvalue weighted by molar-refractivity contribution is 0.932. The first-order chi connectivity index (χ1) is 7.66. The molecule has 1 unspecified atom stereocenters. The smallest absolute Gasteiger partial charge is 0.0794 e. The van der Waals surface area contributed by atoms with Gasteiger partial charge in [0.15, 0.2) is 0 Å². The summed E-state index contributed by atoms with van der Waals surface area (Å²) in [7, 11) is 0. The number of benzene rings is 1. The van der Waals surface area contributed by atoms with Gasteiger partial charge in [0.05, 0.1) is 10.9 Å². The van der Waals surface area contributed by atoms with E-state index < -0.39 is 0 Å². The van der Waals surface area contributed by atoms with Gasteiger partial charge in [0.2, 0.25) is 0 Å². The maximum atomic E-state index is 6.34. The quantitative estimate of drug-likeness (QED) is 0.742. The van der Waals surface area contributed by atoms with Crippen molar-refractivity contribution in [1.82, 2.24) is 4.98 Å². The van der Waals surface area contributed by atoms with E-state index in [4.69, 9.17) is 11.6 Å². The number of thiazole rings is 1. The van der Waals surface area contributed by atoms with Crippen LogP contribution in [0.2, 0.25) is 0 Å². The first-order valence-electron chi connectivity index (χ1n) is 5.25. The van der Waals surface area contributed by atoms with Crippen LogP contribution in [0.5, 0.6) is 0 Å². The van der Waals surface area contributed by atoms with Crippen molar-refractivity contribution in [2.24, 2.45) is 0 Å². The first kappa shape index (κ1) is 11.6. The number of aryl methyl sites for hydroxylation is 2. The molecule has 1 aromatic carbocycles. The minimum absolute atomic E-state index is 0.0367. The van der Waals surface area contributed by atoms with Gasteiger partial charge in [0.1, 0.15) is 0 Å². The highest BCUT2D eigenvalue weighted by atomic mass is 35.5. The van der Waals surface area contributed by atoms with Gasteiger partial charge in [0.25, 0.3) is 0 Å². The van der Waals surface area contributed by atoms with Crippen molar-refractivity contribution < 1.29 is 0 Å². The Hall–Kier alpha value is -0.860. The summed E-state index contributed by atoms with van der Waals surface area (Å²) < 4.78 is 0. The number of halogens is 1. The van der Waals surface area contributed by atoms with Gasteiger partial charge in [-0.05, 0) is 37.0 Å². The summed E-state index contributed by atoms with van der Waals surface area (Å²) in [5.41, 5.74) is 5.76. The van der Waals surface area contributed by atoms with Crippen molar-refractivity contribution in [2.45, 2.75) is 25.6 Å². The van der Waals surface area contributed by atoms with Gasteiger partial charge in [-0.2, -0.15) is 0 Å². The van der Waals surface area contributed by atoms with Gasteiger partial charge in [-0.15, -0.1) is 22.9 Å². The molecule has 0 aliphatic heterocycles. The number of alkyl halides is 1. The predicted molar refractivity (Wildman–Crippen MR) is 70.3 cm³/mol. The number of aromatic nitrogens is 1. The molecule has 0 saturated heterocycles. The third kappa shape index (κ3) is 2.63. The molecular weight excluding hydrogens is 238 g/mol. The van der Waals surface area contributed by atoms with Crippen molar-refractivity contribution >= 4 is 22.9 Å². The van der Waals surface area contributed by atoms with Crippen molar-refractivity contribution in [3.8, 4) is 0 Å². The Bertz CT molecular complexity index is 465. The molecule has 2 rings (SSSR count). The van der Waals surface area contributed by atoms with Gasteiger partial charge >= 0.3 is 0 Å². The Labute approximate surface area is 105 Å². The van der Waals surface area contributed by atoms with E-state index >= 15 is 0 Å². The third-order valence-electron chi connectivity index (χ3n) is 2.75. The number of rotatable bonds is 3. The Morgan fingerprint density at radius 1 is 1.31 bits per heavy atom. The highest BCUT2D eigenvalue weighted by molar-refractivity contribution is 7.09. The molecule has 84 valence electrons. The van der Waals surface area contributed by atoms with Gasteiger partial charge in [0, 0.05) is 11.1 Å². The molecule has 0 radical (unpaired) electrons. The maximum Gasteiger partial charge on any atom is 0.0794 e. The average Bonchev–Trinajstić information content (AvgIpc) is 2.77. The van der Waals surface area contributed by atoms with Crippen LogP contribution >= 0.6 is 22.9 Å². The van der Waals surface area contributed by atoms with Crippen molar-refractivity contribution in [2.75, 3.05) is 0 Å². The van der Waals surface area contributed by atoms with Crippen LogP contribution in [0.3, 0.4) is 0 Å². The summed E-state index contributed by atoms with van der Waals surface area (Å²) in [5.74, 6) is 0. The van der Waals surface area contributed by atoms with Gasteiger partial charge in [-0.25, -0.2) is 0 Å². The molecule has 1 nitrogen and oxygen atoms in total. The van der Waals surface area contributed by atoms with E-state index in [0.717, 1.165) is 11.3 Å². The SMILES string of the molecule is Cc1ccc(CC(Cl)c2cncs2)cc1C. The van der Waals surface area contributed by atoms with E-state index in [1.165, 1.54) is 16.7 Å². The number of nitrogens with zero attached hydrogens (tertiary/aromatic N) is 1. The maximum absolute atomic E-state index is 6.34. The molecule has 16 heavy (non-hydrogen) atoms. The molecule has 1 aromatic heterocycles. The molecule has 0 bridgehead atoms. The minimum atomic E-state index is 0.0367. The minimum Gasteiger partial charge on any atom is -0.253 e. The molecule has 0 saturated carbocycles. The number of hydrogen-bond donors (Lipinski definition) is 0. The zero-order valence-corrected chi connectivity index (χ0v) is 11.0. The molecule has 0 aliphatic rings. The topological polar surface area (TPSA) is 12.9 Å². The molecule has 0 aliphatic carbocycles. The Morgan fingerprint density at radius 3 is 2.75 bits per heavy atom. The van der Waals surface area contributed by atoms with Crippen LogP contribution in [0.15, 0.2) is 29.9 Å². The second-order valence-corrected chi connectivity index (χ2v) is 5.44. The number of hydrogen-bond acceptors (Lipinski definition) is 2. The fraction of sp³-hybridized carbons (Fsp3) is 0.308. The van der Waals surface area contributed by atoms with Gasteiger partial charge < -0.3 is 0 Å². The second kappa shape index (κ2) is 4.98.